The molecule has 1 aliphatic heterocycles. The van der Waals surface area contributed by atoms with Gasteiger partial charge in [-0.3, -0.25) is 4.79 Å². The number of ether oxygens (including phenoxy) is 1. The fourth-order valence-corrected chi connectivity index (χ4v) is 1.91. The summed E-state index contributed by atoms with van der Waals surface area (Å²) in [6.45, 7) is 3.95. The van der Waals surface area contributed by atoms with Crippen molar-refractivity contribution in [1.82, 2.24) is 5.32 Å². The Morgan fingerprint density at radius 3 is 2.76 bits per heavy atom. The Hall–Kier alpha value is -0.650. The minimum Gasteiger partial charge on any atom is -0.388 e. The molecule has 100 valence electrons. The highest BCUT2D eigenvalue weighted by Crippen LogP contribution is 2.19. The first kappa shape index (κ1) is 14.4. The van der Waals surface area contributed by atoms with Gasteiger partial charge in [-0.1, -0.05) is 6.92 Å². The van der Waals surface area contributed by atoms with Crippen LogP contribution in [0, 0.1) is 5.92 Å². The molecule has 1 saturated heterocycles. The van der Waals surface area contributed by atoms with E-state index in [1.54, 1.807) is 0 Å². The van der Waals surface area contributed by atoms with Gasteiger partial charge in [0.2, 0.25) is 5.91 Å². The number of aliphatic hydroxyl groups is 1. The molecule has 1 heterocycles. The number of carbonyl (C=O) groups excluding carboxylic acids is 1. The van der Waals surface area contributed by atoms with Crippen LogP contribution >= 0.6 is 0 Å². The van der Waals surface area contributed by atoms with E-state index in [1.807, 2.05) is 6.92 Å². The van der Waals surface area contributed by atoms with Crippen LogP contribution in [0.2, 0.25) is 0 Å². The smallest absolute Gasteiger partial charge is 0.222 e. The first-order valence-electron chi connectivity index (χ1n) is 6.35. The van der Waals surface area contributed by atoms with Gasteiger partial charge in [-0.05, 0) is 19.4 Å². The third-order valence-corrected chi connectivity index (χ3v) is 3.30. The molecule has 0 radical (unpaired) electrons. The predicted octanol–water partition coefficient (Wildman–Crippen LogP) is 0.0191. The molecule has 1 atom stereocenters. The molecule has 0 aromatic carbocycles. The first-order chi connectivity index (χ1) is 8.07. The van der Waals surface area contributed by atoms with Crippen LogP contribution in [0.5, 0.6) is 0 Å². The van der Waals surface area contributed by atoms with Crippen LogP contribution in [0.3, 0.4) is 0 Å². The SMILES string of the molecule is CC(CCCN)C(=O)NCC1(O)CCOCC1. The molecule has 0 bridgehead atoms. The molecule has 1 rings (SSSR count). The molecule has 17 heavy (non-hydrogen) atoms. The topological polar surface area (TPSA) is 84.6 Å². The monoisotopic (exact) mass is 244 g/mol. The summed E-state index contributed by atoms with van der Waals surface area (Å²) in [6.07, 6.45) is 2.82. The van der Waals surface area contributed by atoms with Crippen molar-refractivity contribution in [3.05, 3.63) is 0 Å². The van der Waals surface area contributed by atoms with Crippen LogP contribution in [0.4, 0.5) is 0 Å². The van der Waals surface area contributed by atoms with Gasteiger partial charge in [-0.25, -0.2) is 0 Å². The standard InChI is InChI=1S/C12H24N2O3/c1-10(3-2-6-13)11(15)14-9-12(16)4-7-17-8-5-12/h10,16H,2-9,13H2,1H3,(H,14,15). The second-order valence-electron chi connectivity index (χ2n) is 4.89. The number of nitrogens with one attached hydrogen (secondary N) is 1. The van der Waals surface area contributed by atoms with Crippen LogP contribution in [-0.4, -0.2) is 42.9 Å². The van der Waals surface area contributed by atoms with Gasteiger partial charge in [-0.2, -0.15) is 0 Å². The summed E-state index contributed by atoms with van der Waals surface area (Å²) in [5.41, 5.74) is 4.61. The van der Waals surface area contributed by atoms with Crippen molar-refractivity contribution < 1.29 is 14.6 Å². The number of nitrogens with two attached hydrogens (primary N) is 1. The highest BCUT2D eigenvalue weighted by Gasteiger charge is 2.30. The Morgan fingerprint density at radius 2 is 2.18 bits per heavy atom. The van der Waals surface area contributed by atoms with Gasteiger partial charge in [0.05, 0.1) is 5.60 Å². The molecule has 1 amide bonds. The highest BCUT2D eigenvalue weighted by atomic mass is 16.5. The molecule has 0 saturated carbocycles. The van der Waals surface area contributed by atoms with E-state index in [-0.39, 0.29) is 11.8 Å². The molecule has 0 aromatic heterocycles. The Kier molecular flexibility index (Phi) is 5.88. The van der Waals surface area contributed by atoms with Crippen LogP contribution in [-0.2, 0) is 9.53 Å². The summed E-state index contributed by atoms with van der Waals surface area (Å²) in [6, 6.07) is 0. The molecular weight excluding hydrogens is 220 g/mol. The second kappa shape index (κ2) is 6.93. The van der Waals surface area contributed by atoms with E-state index in [2.05, 4.69) is 5.32 Å². The van der Waals surface area contributed by atoms with Crippen LogP contribution in [0.25, 0.3) is 0 Å². The lowest BCUT2D eigenvalue weighted by Crippen LogP contribution is -2.47. The summed E-state index contributed by atoms with van der Waals surface area (Å²) in [7, 11) is 0. The van der Waals surface area contributed by atoms with E-state index in [0.29, 0.717) is 39.1 Å². The minimum atomic E-state index is -0.790. The van der Waals surface area contributed by atoms with Crippen molar-refractivity contribution in [1.29, 1.82) is 0 Å². The Bertz CT molecular complexity index is 240. The second-order valence-corrected chi connectivity index (χ2v) is 4.89. The van der Waals surface area contributed by atoms with Gasteiger partial charge in [0, 0.05) is 38.5 Å². The van der Waals surface area contributed by atoms with Gasteiger partial charge in [0.15, 0.2) is 0 Å². The van der Waals surface area contributed by atoms with E-state index in [4.69, 9.17) is 10.5 Å². The lowest BCUT2D eigenvalue weighted by Gasteiger charge is -2.32. The summed E-state index contributed by atoms with van der Waals surface area (Å²) in [5.74, 6) is -0.0413. The quantitative estimate of drug-likeness (QED) is 0.615. The van der Waals surface area contributed by atoms with E-state index in [1.165, 1.54) is 0 Å². The average molecular weight is 244 g/mol. The van der Waals surface area contributed by atoms with Crippen molar-refractivity contribution in [2.45, 2.75) is 38.2 Å². The molecule has 1 fully saturated rings. The summed E-state index contributed by atoms with van der Waals surface area (Å²) >= 11 is 0. The van der Waals surface area contributed by atoms with Crippen molar-refractivity contribution >= 4 is 5.91 Å². The predicted molar refractivity (Wildman–Crippen MR) is 65.5 cm³/mol. The number of hydrogen-bond donors (Lipinski definition) is 3. The maximum absolute atomic E-state index is 11.7. The zero-order valence-corrected chi connectivity index (χ0v) is 10.6. The maximum Gasteiger partial charge on any atom is 0.222 e. The van der Waals surface area contributed by atoms with Crippen molar-refractivity contribution in [3.8, 4) is 0 Å². The summed E-state index contributed by atoms with van der Waals surface area (Å²) < 4.78 is 5.19. The van der Waals surface area contributed by atoms with Gasteiger partial charge < -0.3 is 20.9 Å². The number of carbonyl (C=O) groups is 1. The first-order valence-corrected chi connectivity index (χ1v) is 6.35. The van der Waals surface area contributed by atoms with Gasteiger partial charge in [0.1, 0.15) is 0 Å². The molecule has 1 aliphatic rings. The average Bonchev–Trinajstić information content (AvgIpc) is 2.34. The number of amides is 1. The normalized spacial score (nSPS) is 20.9. The molecule has 5 nitrogen and oxygen atoms in total. The molecule has 0 aromatic rings. The lowest BCUT2D eigenvalue weighted by atomic mass is 9.94. The summed E-state index contributed by atoms with van der Waals surface area (Å²) in [4.78, 5) is 11.7. The zero-order chi connectivity index (χ0) is 12.7. The van der Waals surface area contributed by atoms with Crippen LogP contribution in [0.15, 0.2) is 0 Å². The van der Waals surface area contributed by atoms with Gasteiger partial charge >= 0.3 is 0 Å². The molecule has 0 spiro atoms. The Morgan fingerprint density at radius 1 is 1.53 bits per heavy atom. The van der Waals surface area contributed by atoms with Crippen LogP contribution < -0.4 is 11.1 Å². The lowest BCUT2D eigenvalue weighted by molar-refractivity contribution is -0.127. The molecular formula is C12H24N2O3. The molecule has 4 N–H and O–H groups in total. The molecule has 0 aliphatic carbocycles. The van der Waals surface area contributed by atoms with E-state index < -0.39 is 5.60 Å². The van der Waals surface area contributed by atoms with Crippen molar-refractivity contribution in [3.63, 3.8) is 0 Å². The van der Waals surface area contributed by atoms with E-state index >= 15 is 0 Å². The van der Waals surface area contributed by atoms with Crippen LogP contribution in [0.1, 0.15) is 32.6 Å². The Balaban J connectivity index is 2.26. The third-order valence-electron chi connectivity index (χ3n) is 3.30. The van der Waals surface area contributed by atoms with E-state index in [0.717, 1.165) is 12.8 Å². The largest absolute Gasteiger partial charge is 0.388 e. The Labute approximate surface area is 103 Å². The fraction of sp³-hybridized carbons (Fsp3) is 0.917. The number of rotatable bonds is 6. The van der Waals surface area contributed by atoms with Crippen molar-refractivity contribution in [2.75, 3.05) is 26.3 Å². The van der Waals surface area contributed by atoms with E-state index in [9.17, 15) is 9.90 Å². The summed E-state index contributed by atoms with van der Waals surface area (Å²) in [5, 5.41) is 13.0. The fourth-order valence-electron chi connectivity index (χ4n) is 1.91. The maximum atomic E-state index is 11.7. The van der Waals surface area contributed by atoms with Gasteiger partial charge in [0.25, 0.3) is 0 Å². The van der Waals surface area contributed by atoms with Gasteiger partial charge in [-0.15, -0.1) is 0 Å². The molecule has 1 unspecified atom stereocenters. The number of hydrogen-bond acceptors (Lipinski definition) is 4. The highest BCUT2D eigenvalue weighted by molar-refractivity contribution is 5.78. The van der Waals surface area contributed by atoms with Crippen molar-refractivity contribution in [2.24, 2.45) is 11.7 Å². The third kappa shape index (κ3) is 5.02. The molecule has 5 heteroatoms. The minimum absolute atomic E-state index is 0.00151. The zero-order valence-electron chi connectivity index (χ0n) is 10.6.